The molecule has 7 heteroatoms. The second-order valence-electron chi connectivity index (χ2n) is 6.70. The number of benzene rings is 3. The van der Waals surface area contributed by atoms with E-state index in [1.165, 1.54) is 18.9 Å². The Kier molecular flexibility index (Phi) is 7.56. The monoisotopic (exact) mass is 436 g/mol. The summed E-state index contributed by atoms with van der Waals surface area (Å²) in [6.45, 7) is 1.90. The van der Waals surface area contributed by atoms with Crippen LogP contribution in [0.25, 0.3) is 0 Å². The minimum absolute atomic E-state index is 0.162. The largest absolute Gasteiger partial charge is 0.497 e. The summed E-state index contributed by atoms with van der Waals surface area (Å²) in [4.78, 5) is 25.8. The van der Waals surface area contributed by atoms with Gasteiger partial charge in [0.1, 0.15) is 11.5 Å². The van der Waals surface area contributed by atoms with Crippen molar-refractivity contribution >= 4 is 35.0 Å². The number of anilines is 2. The SMILES string of the molecule is COc1ccc(NC(=O)CSc2cccc(NC(=O)c3ccccc3C)c2)c(OC)c1. The summed E-state index contributed by atoms with van der Waals surface area (Å²) >= 11 is 1.38. The summed E-state index contributed by atoms with van der Waals surface area (Å²) in [5.74, 6) is 1.06. The number of methoxy groups -OCH3 is 2. The lowest BCUT2D eigenvalue weighted by atomic mass is 10.1. The van der Waals surface area contributed by atoms with Crippen molar-refractivity contribution in [2.24, 2.45) is 0 Å². The molecule has 160 valence electrons. The van der Waals surface area contributed by atoms with E-state index in [2.05, 4.69) is 10.6 Å². The highest BCUT2D eigenvalue weighted by Crippen LogP contribution is 2.29. The number of hydrogen-bond donors (Lipinski definition) is 2. The van der Waals surface area contributed by atoms with E-state index in [1.807, 2.05) is 49.4 Å². The third-order valence-corrected chi connectivity index (χ3v) is 5.53. The van der Waals surface area contributed by atoms with Crippen LogP contribution >= 0.6 is 11.8 Å². The van der Waals surface area contributed by atoms with Crippen LogP contribution in [0.2, 0.25) is 0 Å². The molecule has 0 saturated heterocycles. The summed E-state index contributed by atoms with van der Waals surface area (Å²) in [6, 6.07) is 20.1. The Bertz CT molecular complexity index is 1080. The molecule has 3 aromatic carbocycles. The van der Waals surface area contributed by atoms with Gasteiger partial charge in [-0.15, -0.1) is 11.8 Å². The first kappa shape index (κ1) is 22.2. The van der Waals surface area contributed by atoms with Crippen molar-refractivity contribution in [3.05, 3.63) is 77.9 Å². The van der Waals surface area contributed by atoms with Crippen LogP contribution in [-0.2, 0) is 4.79 Å². The number of carbonyl (C=O) groups is 2. The predicted molar refractivity (Wildman–Crippen MR) is 124 cm³/mol. The van der Waals surface area contributed by atoms with Gasteiger partial charge in [-0.1, -0.05) is 24.3 Å². The Morgan fingerprint density at radius 2 is 1.71 bits per heavy atom. The number of ether oxygens (including phenoxy) is 2. The van der Waals surface area contributed by atoms with E-state index in [0.717, 1.165) is 10.5 Å². The second kappa shape index (κ2) is 10.5. The molecule has 0 atom stereocenters. The van der Waals surface area contributed by atoms with Crippen molar-refractivity contribution < 1.29 is 19.1 Å². The summed E-state index contributed by atoms with van der Waals surface area (Å²) in [5, 5.41) is 5.76. The normalized spacial score (nSPS) is 10.3. The minimum atomic E-state index is -0.164. The van der Waals surface area contributed by atoms with Crippen LogP contribution in [0.3, 0.4) is 0 Å². The first-order chi connectivity index (χ1) is 15.0. The highest BCUT2D eigenvalue weighted by molar-refractivity contribution is 8.00. The van der Waals surface area contributed by atoms with Crippen LogP contribution in [0.5, 0.6) is 11.5 Å². The van der Waals surface area contributed by atoms with Crippen LogP contribution in [0.4, 0.5) is 11.4 Å². The lowest BCUT2D eigenvalue weighted by Crippen LogP contribution is -2.15. The summed E-state index contributed by atoms with van der Waals surface area (Å²) in [6.07, 6.45) is 0. The molecule has 6 nitrogen and oxygen atoms in total. The van der Waals surface area contributed by atoms with Crippen LogP contribution in [-0.4, -0.2) is 31.8 Å². The molecule has 0 bridgehead atoms. The van der Waals surface area contributed by atoms with Gasteiger partial charge in [0.15, 0.2) is 0 Å². The molecule has 0 spiro atoms. The quantitative estimate of drug-likeness (QED) is 0.486. The van der Waals surface area contributed by atoms with E-state index in [1.54, 1.807) is 31.4 Å². The van der Waals surface area contributed by atoms with Gasteiger partial charge in [-0.2, -0.15) is 0 Å². The molecule has 0 saturated carbocycles. The minimum Gasteiger partial charge on any atom is -0.497 e. The van der Waals surface area contributed by atoms with Gasteiger partial charge in [-0.05, 0) is 48.9 Å². The molecule has 0 aliphatic rings. The Labute approximate surface area is 186 Å². The maximum atomic E-state index is 12.5. The Morgan fingerprint density at radius 3 is 2.45 bits per heavy atom. The molecule has 2 amide bonds. The zero-order chi connectivity index (χ0) is 22.2. The lowest BCUT2D eigenvalue weighted by Gasteiger charge is -2.12. The van der Waals surface area contributed by atoms with Crippen molar-refractivity contribution in [1.29, 1.82) is 0 Å². The molecule has 0 fully saturated rings. The predicted octanol–water partition coefficient (Wildman–Crippen LogP) is 5.00. The third-order valence-electron chi connectivity index (χ3n) is 4.53. The molecule has 0 unspecified atom stereocenters. The molecular weight excluding hydrogens is 412 g/mol. The molecule has 0 aliphatic heterocycles. The number of carbonyl (C=O) groups excluding carboxylic acids is 2. The number of rotatable bonds is 8. The molecule has 0 radical (unpaired) electrons. The van der Waals surface area contributed by atoms with Gasteiger partial charge in [-0.3, -0.25) is 9.59 Å². The first-order valence-electron chi connectivity index (χ1n) is 9.62. The van der Waals surface area contributed by atoms with E-state index in [4.69, 9.17) is 9.47 Å². The van der Waals surface area contributed by atoms with Crippen molar-refractivity contribution in [3.63, 3.8) is 0 Å². The Balaban J connectivity index is 1.59. The van der Waals surface area contributed by atoms with E-state index in [-0.39, 0.29) is 17.6 Å². The molecule has 2 N–H and O–H groups in total. The number of thioether (sulfide) groups is 1. The van der Waals surface area contributed by atoms with Crippen LogP contribution in [0, 0.1) is 6.92 Å². The average molecular weight is 437 g/mol. The lowest BCUT2D eigenvalue weighted by molar-refractivity contribution is -0.113. The zero-order valence-corrected chi connectivity index (χ0v) is 18.4. The summed E-state index contributed by atoms with van der Waals surface area (Å²) in [5.41, 5.74) is 2.80. The first-order valence-corrected chi connectivity index (χ1v) is 10.6. The van der Waals surface area contributed by atoms with Gasteiger partial charge >= 0.3 is 0 Å². The van der Waals surface area contributed by atoms with Crippen molar-refractivity contribution in [1.82, 2.24) is 0 Å². The molecule has 0 aromatic heterocycles. The van der Waals surface area contributed by atoms with Crippen molar-refractivity contribution in [2.75, 3.05) is 30.6 Å². The molecular formula is C24H24N2O4S. The van der Waals surface area contributed by atoms with Gasteiger partial charge in [0.2, 0.25) is 5.91 Å². The highest BCUT2D eigenvalue weighted by Gasteiger charge is 2.11. The van der Waals surface area contributed by atoms with Gasteiger partial charge in [0.05, 0.1) is 25.7 Å². The smallest absolute Gasteiger partial charge is 0.255 e. The van der Waals surface area contributed by atoms with Crippen molar-refractivity contribution in [2.45, 2.75) is 11.8 Å². The van der Waals surface area contributed by atoms with Gasteiger partial charge < -0.3 is 20.1 Å². The summed E-state index contributed by atoms with van der Waals surface area (Å²) in [7, 11) is 3.11. The number of amides is 2. The van der Waals surface area contributed by atoms with E-state index in [9.17, 15) is 9.59 Å². The molecule has 0 heterocycles. The van der Waals surface area contributed by atoms with Gasteiger partial charge in [-0.25, -0.2) is 0 Å². The van der Waals surface area contributed by atoms with Gasteiger partial charge in [0.25, 0.3) is 5.91 Å². The number of nitrogens with one attached hydrogen (secondary N) is 2. The maximum Gasteiger partial charge on any atom is 0.255 e. The number of aryl methyl sites for hydroxylation is 1. The van der Waals surface area contributed by atoms with Gasteiger partial charge in [0, 0.05) is 22.2 Å². The average Bonchev–Trinajstić information content (AvgIpc) is 2.78. The molecule has 3 rings (SSSR count). The van der Waals surface area contributed by atoms with E-state index < -0.39 is 0 Å². The maximum absolute atomic E-state index is 12.5. The van der Waals surface area contributed by atoms with E-state index >= 15 is 0 Å². The van der Waals surface area contributed by atoms with Crippen LogP contribution < -0.4 is 20.1 Å². The zero-order valence-electron chi connectivity index (χ0n) is 17.6. The fourth-order valence-corrected chi connectivity index (χ4v) is 3.68. The molecule has 31 heavy (non-hydrogen) atoms. The Hall–Kier alpha value is -3.45. The van der Waals surface area contributed by atoms with E-state index in [0.29, 0.717) is 28.4 Å². The topological polar surface area (TPSA) is 76.7 Å². The third kappa shape index (κ3) is 6.02. The summed E-state index contributed by atoms with van der Waals surface area (Å²) < 4.78 is 10.5. The van der Waals surface area contributed by atoms with Crippen LogP contribution in [0.1, 0.15) is 15.9 Å². The van der Waals surface area contributed by atoms with Crippen molar-refractivity contribution in [3.8, 4) is 11.5 Å². The number of hydrogen-bond acceptors (Lipinski definition) is 5. The highest BCUT2D eigenvalue weighted by atomic mass is 32.2. The second-order valence-corrected chi connectivity index (χ2v) is 7.75. The molecule has 0 aliphatic carbocycles. The fraction of sp³-hybridized carbons (Fsp3) is 0.167. The fourth-order valence-electron chi connectivity index (χ4n) is 2.93. The standard InChI is InChI=1S/C24H24N2O4S/c1-16-7-4-5-10-20(16)24(28)25-17-8-6-9-19(13-17)31-15-23(27)26-21-12-11-18(29-2)14-22(21)30-3/h4-14H,15H2,1-3H3,(H,25,28)(H,26,27). The van der Waals surface area contributed by atoms with Crippen LogP contribution in [0.15, 0.2) is 71.6 Å². The Morgan fingerprint density at radius 1 is 0.903 bits per heavy atom. The molecule has 3 aromatic rings.